The molecule has 0 amide bonds. The van der Waals surface area contributed by atoms with Crippen molar-refractivity contribution in [2.45, 2.75) is 47.6 Å². The van der Waals surface area contributed by atoms with E-state index in [4.69, 9.17) is 0 Å². The number of hydrazine groups is 1. The number of hydrogen-bond donors (Lipinski definition) is 0. The molecule has 0 fully saturated rings. The minimum absolute atomic E-state index is 0.538. The zero-order chi connectivity index (χ0) is 11.7. The first-order chi connectivity index (χ1) is 6.86. The van der Waals surface area contributed by atoms with E-state index in [9.17, 15) is 0 Å². The van der Waals surface area contributed by atoms with Gasteiger partial charge in [0.15, 0.2) is 0 Å². The predicted octanol–water partition coefficient (Wildman–Crippen LogP) is 3.73. The summed E-state index contributed by atoms with van der Waals surface area (Å²) in [7, 11) is 2.16. The van der Waals surface area contributed by atoms with Crippen molar-refractivity contribution in [2.75, 3.05) is 7.05 Å². The van der Waals surface area contributed by atoms with Gasteiger partial charge in [0.05, 0.1) is 0 Å². The molecule has 0 bridgehead atoms. The number of rotatable bonds is 3. The van der Waals surface area contributed by atoms with Gasteiger partial charge in [-0.1, -0.05) is 27.7 Å². The molecule has 1 rings (SSSR count). The Bertz CT molecular complexity index is 256. The van der Waals surface area contributed by atoms with E-state index < -0.39 is 0 Å². The van der Waals surface area contributed by atoms with Crippen molar-refractivity contribution >= 4 is 11.9 Å². The molecular formula is C12H24N2S. The third-order valence-electron chi connectivity index (χ3n) is 2.59. The van der Waals surface area contributed by atoms with Crippen LogP contribution in [0.15, 0.2) is 10.6 Å². The van der Waals surface area contributed by atoms with Crippen molar-refractivity contribution in [1.29, 1.82) is 0 Å². The number of hydrogen-bond acceptors (Lipinski definition) is 3. The van der Waals surface area contributed by atoms with E-state index in [1.807, 2.05) is 11.9 Å². The van der Waals surface area contributed by atoms with Gasteiger partial charge in [-0.3, -0.25) is 5.01 Å². The molecular weight excluding hydrogens is 204 g/mol. The second-order valence-electron chi connectivity index (χ2n) is 5.05. The zero-order valence-corrected chi connectivity index (χ0v) is 11.9. The molecule has 15 heavy (non-hydrogen) atoms. The van der Waals surface area contributed by atoms with Gasteiger partial charge in [0.25, 0.3) is 0 Å². The number of allylic oxidation sites excluding steroid dienone is 2. The lowest BCUT2D eigenvalue weighted by Gasteiger charge is -2.33. The number of nitrogens with zero attached hydrogens (tertiary/aromatic N) is 2. The van der Waals surface area contributed by atoms with Crippen molar-refractivity contribution < 1.29 is 0 Å². The Morgan fingerprint density at radius 3 is 1.80 bits per heavy atom. The summed E-state index contributed by atoms with van der Waals surface area (Å²) in [6.07, 6.45) is 0. The van der Waals surface area contributed by atoms with Crippen LogP contribution < -0.4 is 0 Å². The second kappa shape index (κ2) is 4.79. The molecule has 0 N–H and O–H groups in total. The van der Waals surface area contributed by atoms with Gasteiger partial charge in [0, 0.05) is 23.7 Å². The summed E-state index contributed by atoms with van der Waals surface area (Å²) in [4.78, 5) is 1.53. The topological polar surface area (TPSA) is 6.48 Å². The highest BCUT2D eigenvalue weighted by atomic mass is 32.2. The van der Waals surface area contributed by atoms with E-state index in [-0.39, 0.29) is 0 Å². The van der Waals surface area contributed by atoms with Crippen LogP contribution in [0.4, 0.5) is 0 Å². The standard InChI is InChI=1S/C12H24N2S/c1-8(2)11-12(9(3)4)15-13(7)14(11)10(5)6/h8-10H,1-7H3. The van der Waals surface area contributed by atoms with Crippen LogP contribution in [0.2, 0.25) is 0 Å². The van der Waals surface area contributed by atoms with Gasteiger partial charge in [-0.2, -0.15) is 4.41 Å². The molecule has 0 aromatic heterocycles. The molecule has 3 heteroatoms. The molecule has 1 aliphatic rings. The van der Waals surface area contributed by atoms with Crippen LogP contribution in [-0.2, 0) is 0 Å². The minimum atomic E-state index is 0.538. The highest BCUT2D eigenvalue weighted by Gasteiger charge is 2.32. The van der Waals surface area contributed by atoms with E-state index >= 15 is 0 Å². The molecule has 0 spiro atoms. The van der Waals surface area contributed by atoms with Crippen molar-refractivity contribution in [3.05, 3.63) is 10.6 Å². The Morgan fingerprint density at radius 2 is 1.47 bits per heavy atom. The highest BCUT2D eigenvalue weighted by Crippen LogP contribution is 2.43. The Kier molecular flexibility index (Phi) is 4.13. The van der Waals surface area contributed by atoms with Crippen LogP contribution in [0.5, 0.6) is 0 Å². The maximum Gasteiger partial charge on any atom is 0.0445 e. The first kappa shape index (κ1) is 12.9. The van der Waals surface area contributed by atoms with Gasteiger partial charge in [0.1, 0.15) is 0 Å². The molecule has 1 heterocycles. The zero-order valence-electron chi connectivity index (χ0n) is 11.0. The van der Waals surface area contributed by atoms with Crippen LogP contribution in [0.1, 0.15) is 41.5 Å². The normalized spacial score (nSPS) is 19.2. The summed E-state index contributed by atoms with van der Waals surface area (Å²) < 4.78 is 2.27. The van der Waals surface area contributed by atoms with Crippen LogP contribution >= 0.6 is 11.9 Å². The summed E-state index contributed by atoms with van der Waals surface area (Å²) in [5.74, 6) is 1.22. The largest absolute Gasteiger partial charge is 0.297 e. The Labute approximate surface area is 98.8 Å². The van der Waals surface area contributed by atoms with Crippen molar-refractivity contribution in [3.63, 3.8) is 0 Å². The van der Waals surface area contributed by atoms with Gasteiger partial charge >= 0.3 is 0 Å². The molecule has 0 radical (unpaired) electrons. The fourth-order valence-corrected chi connectivity index (χ4v) is 3.33. The average Bonchev–Trinajstić information content (AvgIpc) is 2.42. The molecule has 0 saturated carbocycles. The first-order valence-corrected chi connectivity index (χ1v) is 6.58. The smallest absolute Gasteiger partial charge is 0.0445 e. The van der Waals surface area contributed by atoms with Crippen LogP contribution in [0.3, 0.4) is 0 Å². The fraction of sp³-hybridized carbons (Fsp3) is 0.833. The molecule has 0 unspecified atom stereocenters. The van der Waals surface area contributed by atoms with Gasteiger partial charge in [-0.05, 0) is 37.6 Å². The van der Waals surface area contributed by atoms with E-state index in [0.29, 0.717) is 17.9 Å². The van der Waals surface area contributed by atoms with Crippen molar-refractivity contribution in [1.82, 2.24) is 9.42 Å². The molecule has 1 aliphatic heterocycles. The molecule has 0 saturated heterocycles. The maximum atomic E-state index is 2.42. The van der Waals surface area contributed by atoms with Gasteiger partial charge in [-0.25, -0.2) is 0 Å². The van der Waals surface area contributed by atoms with E-state index in [2.05, 4.69) is 58.0 Å². The Hall–Kier alpha value is -0.150. The Balaban J connectivity index is 3.07. The van der Waals surface area contributed by atoms with Crippen LogP contribution in [0.25, 0.3) is 0 Å². The van der Waals surface area contributed by atoms with Gasteiger partial charge < -0.3 is 0 Å². The van der Waals surface area contributed by atoms with Crippen LogP contribution in [-0.4, -0.2) is 22.5 Å². The average molecular weight is 228 g/mol. The first-order valence-electron chi connectivity index (χ1n) is 5.81. The quantitative estimate of drug-likeness (QED) is 0.680. The van der Waals surface area contributed by atoms with Crippen LogP contribution in [0, 0.1) is 11.8 Å². The van der Waals surface area contributed by atoms with Gasteiger partial charge in [-0.15, -0.1) is 0 Å². The fourth-order valence-electron chi connectivity index (χ4n) is 2.05. The minimum Gasteiger partial charge on any atom is -0.297 e. The highest BCUT2D eigenvalue weighted by molar-refractivity contribution is 8.01. The van der Waals surface area contributed by atoms with Gasteiger partial charge in [0.2, 0.25) is 0 Å². The summed E-state index contributed by atoms with van der Waals surface area (Å²) in [6, 6.07) is 0.538. The maximum absolute atomic E-state index is 2.42. The molecule has 2 nitrogen and oxygen atoms in total. The summed E-state index contributed by atoms with van der Waals surface area (Å²) in [5, 5.41) is 2.42. The lowest BCUT2D eigenvalue weighted by Crippen LogP contribution is -2.37. The summed E-state index contributed by atoms with van der Waals surface area (Å²) >= 11 is 1.89. The summed E-state index contributed by atoms with van der Waals surface area (Å²) in [6.45, 7) is 13.6. The van der Waals surface area contributed by atoms with Crippen molar-refractivity contribution in [3.8, 4) is 0 Å². The SMILES string of the molecule is CC(C)C1=C(C(C)C)N(C(C)C)N(C)S1. The van der Waals surface area contributed by atoms with Crippen molar-refractivity contribution in [2.24, 2.45) is 11.8 Å². The third-order valence-corrected chi connectivity index (χ3v) is 3.91. The molecule has 0 aromatic rings. The lowest BCUT2D eigenvalue weighted by atomic mass is 10.0. The third kappa shape index (κ3) is 2.51. The lowest BCUT2D eigenvalue weighted by molar-refractivity contribution is 0.0994. The summed E-state index contributed by atoms with van der Waals surface area (Å²) in [5.41, 5.74) is 1.51. The van der Waals surface area contributed by atoms with E-state index in [1.165, 1.54) is 10.6 Å². The molecule has 88 valence electrons. The molecule has 0 aliphatic carbocycles. The van der Waals surface area contributed by atoms with E-state index in [0.717, 1.165) is 0 Å². The van der Waals surface area contributed by atoms with E-state index in [1.54, 1.807) is 0 Å². The molecule has 0 aromatic carbocycles. The monoisotopic (exact) mass is 228 g/mol. The Morgan fingerprint density at radius 1 is 0.933 bits per heavy atom. The molecule has 0 atom stereocenters. The second-order valence-corrected chi connectivity index (χ2v) is 6.20. The predicted molar refractivity (Wildman–Crippen MR) is 69.0 cm³/mol.